The van der Waals surface area contributed by atoms with Crippen LogP contribution in [0, 0.1) is 17.7 Å². The largest absolute Gasteiger partial charge is 0.327 e. The van der Waals surface area contributed by atoms with Crippen LogP contribution < -0.4 is 5.73 Å². The molecule has 2 aromatic carbocycles. The van der Waals surface area contributed by atoms with Crippen molar-refractivity contribution in [2.75, 3.05) is 0 Å². The number of nitrogens with two attached hydrogens (primary N) is 1. The molecule has 0 aromatic heterocycles. The Kier molecular flexibility index (Phi) is 3.07. The first-order valence-electron chi connectivity index (χ1n) is 7.82. The molecule has 0 radical (unpaired) electrons. The van der Waals surface area contributed by atoms with E-state index in [-0.39, 0.29) is 11.9 Å². The molecule has 21 heavy (non-hydrogen) atoms. The molecule has 2 aliphatic rings. The predicted molar refractivity (Wildman–Crippen MR) is 82.6 cm³/mol. The molecule has 0 heterocycles. The molecule has 2 aliphatic carbocycles. The normalized spacial score (nSPS) is 27.6. The Morgan fingerprint density at radius 2 is 1.86 bits per heavy atom. The maximum atomic E-state index is 13.0. The Bertz CT molecular complexity index is 649. The number of aryl methyl sites for hydroxylation is 1. The summed E-state index contributed by atoms with van der Waals surface area (Å²) in [4.78, 5) is 0. The van der Waals surface area contributed by atoms with Gasteiger partial charge in [0.05, 0.1) is 0 Å². The van der Waals surface area contributed by atoms with Gasteiger partial charge >= 0.3 is 0 Å². The van der Waals surface area contributed by atoms with Gasteiger partial charge < -0.3 is 5.73 Å². The van der Waals surface area contributed by atoms with Gasteiger partial charge in [0.25, 0.3) is 0 Å². The fraction of sp³-hybridized carbons (Fsp3) is 0.368. The van der Waals surface area contributed by atoms with Crippen LogP contribution in [0.4, 0.5) is 4.39 Å². The fourth-order valence-electron chi connectivity index (χ4n) is 4.23. The zero-order valence-electron chi connectivity index (χ0n) is 12.0. The smallest absolute Gasteiger partial charge is 0.123 e. The Hall–Kier alpha value is -1.67. The first kappa shape index (κ1) is 13.0. The molecule has 4 atom stereocenters. The van der Waals surface area contributed by atoms with E-state index in [0.717, 1.165) is 17.9 Å². The molecule has 1 saturated carbocycles. The van der Waals surface area contributed by atoms with Gasteiger partial charge in [-0.25, -0.2) is 4.39 Å². The van der Waals surface area contributed by atoms with Gasteiger partial charge in [0.2, 0.25) is 0 Å². The number of benzene rings is 2. The first-order chi connectivity index (χ1) is 10.2. The second kappa shape index (κ2) is 4.96. The summed E-state index contributed by atoms with van der Waals surface area (Å²) in [6.45, 7) is 0. The molecule has 2 N–H and O–H groups in total. The molecule has 0 saturated heterocycles. The lowest BCUT2D eigenvalue weighted by Gasteiger charge is -2.13. The monoisotopic (exact) mass is 281 g/mol. The quantitative estimate of drug-likeness (QED) is 0.912. The number of hydrogen-bond acceptors (Lipinski definition) is 1. The zero-order valence-corrected chi connectivity index (χ0v) is 12.0. The van der Waals surface area contributed by atoms with Crippen LogP contribution in [0.5, 0.6) is 0 Å². The second-order valence-corrected chi connectivity index (χ2v) is 6.50. The summed E-state index contributed by atoms with van der Waals surface area (Å²) in [6.07, 6.45) is 3.31. The van der Waals surface area contributed by atoms with Crippen molar-refractivity contribution in [3.8, 4) is 0 Å². The molecule has 108 valence electrons. The van der Waals surface area contributed by atoms with E-state index in [9.17, 15) is 4.39 Å². The molecule has 4 rings (SSSR count). The molecule has 2 heteroatoms. The summed E-state index contributed by atoms with van der Waals surface area (Å²) in [5.41, 5.74) is 10.6. The van der Waals surface area contributed by atoms with Crippen molar-refractivity contribution in [1.82, 2.24) is 0 Å². The Morgan fingerprint density at radius 3 is 2.67 bits per heavy atom. The summed E-state index contributed by atoms with van der Waals surface area (Å²) in [5.74, 6) is 1.83. The van der Waals surface area contributed by atoms with E-state index in [1.807, 2.05) is 12.1 Å². The van der Waals surface area contributed by atoms with Gasteiger partial charge in [-0.15, -0.1) is 0 Å². The van der Waals surface area contributed by atoms with Crippen LogP contribution in [-0.2, 0) is 12.8 Å². The van der Waals surface area contributed by atoms with Gasteiger partial charge in [-0.1, -0.05) is 36.4 Å². The summed E-state index contributed by atoms with van der Waals surface area (Å²) in [6, 6.07) is 15.7. The van der Waals surface area contributed by atoms with E-state index in [0.29, 0.717) is 11.8 Å². The maximum Gasteiger partial charge on any atom is 0.123 e. The maximum absolute atomic E-state index is 13.0. The highest BCUT2D eigenvalue weighted by Crippen LogP contribution is 2.61. The SMILES string of the molecule is NC(Cc1ccc(F)cc1)C1C2CCc3ccccc3C21. The van der Waals surface area contributed by atoms with Crippen molar-refractivity contribution >= 4 is 0 Å². The summed E-state index contributed by atoms with van der Waals surface area (Å²) in [7, 11) is 0. The molecule has 1 nitrogen and oxygen atoms in total. The molecule has 0 spiro atoms. The van der Waals surface area contributed by atoms with Gasteiger partial charge in [-0.3, -0.25) is 0 Å². The van der Waals surface area contributed by atoms with Crippen molar-refractivity contribution in [3.05, 3.63) is 71.0 Å². The van der Waals surface area contributed by atoms with Crippen molar-refractivity contribution in [2.24, 2.45) is 17.6 Å². The second-order valence-electron chi connectivity index (χ2n) is 6.50. The van der Waals surface area contributed by atoms with Gasteiger partial charge in [0, 0.05) is 6.04 Å². The van der Waals surface area contributed by atoms with Crippen LogP contribution >= 0.6 is 0 Å². The Balaban J connectivity index is 1.50. The van der Waals surface area contributed by atoms with E-state index in [1.165, 1.54) is 36.1 Å². The fourth-order valence-corrected chi connectivity index (χ4v) is 4.23. The molecule has 4 unspecified atom stereocenters. The highest BCUT2D eigenvalue weighted by Gasteiger charge is 2.55. The number of rotatable bonds is 3. The van der Waals surface area contributed by atoms with E-state index in [4.69, 9.17) is 5.73 Å². The number of fused-ring (bicyclic) bond motifs is 3. The van der Waals surface area contributed by atoms with E-state index < -0.39 is 0 Å². The van der Waals surface area contributed by atoms with Crippen LogP contribution in [0.25, 0.3) is 0 Å². The van der Waals surface area contributed by atoms with Gasteiger partial charge in [-0.2, -0.15) is 0 Å². The summed E-state index contributed by atoms with van der Waals surface area (Å²) in [5, 5.41) is 0. The van der Waals surface area contributed by atoms with E-state index >= 15 is 0 Å². The minimum absolute atomic E-state index is 0.177. The highest BCUT2D eigenvalue weighted by molar-refractivity contribution is 5.40. The van der Waals surface area contributed by atoms with E-state index in [1.54, 1.807) is 0 Å². The van der Waals surface area contributed by atoms with Gasteiger partial charge in [0.1, 0.15) is 5.82 Å². The third-order valence-electron chi connectivity index (χ3n) is 5.27. The van der Waals surface area contributed by atoms with Crippen molar-refractivity contribution in [3.63, 3.8) is 0 Å². The van der Waals surface area contributed by atoms with Crippen LogP contribution in [-0.4, -0.2) is 6.04 Å². The molecular formula is C19H20FN. The van der Waals surface area contributed by atoms with Crippen LogP contribution in [0.2, 0.25) is 0 Å². The summed E-state index contributed by atoms with van der Waals surface area (Å²) < 4.78 is 13.0. The molecule has 0 aliphatic heterocycles. The number of hydrogen-bond donors (Lipinski definition) is 1. The standard InChI is InChI=1S/C19H20FN/c20-14-8-5-12(6-9-14)11-17(21)19-16-10-7-13-3-1-2-4-15(13)18(16)19/h1-6,8-9,16-19H,7,10-11,21H2. The third-order valence-corrected chi connectivity index (χ3v) is 5.27. The van der Waals surface area contributed by atoms with Crippen molar-refractivity contribution in [1.29, 1.82) is 0 Å². The van der Waals surface area contributed by atoms with Crippen molar-refractivity contribution in [2.45, 2.75) is 31.2 Å². The lowest BCUT2D eigenvalue weighted by molar-refractivity contribution is 0.531. The number of halogens is 1. The Morgan fingerprint density at radius 1 is 1.10 bits per heavy atom. The topological polar surface area (TPSA) is 26.0 Å². The lowest BCUT2D eigenvalue weighted by Crippen LogP contribution is -2.26. The molecule has 0 amide bonds. The van der Waals surface area contributed by atoms with Crippen molar-refractivity contribution < 1.29 is 4.39 Å². The molecule has 0 bridgehead atoms. The van der Waals surface area contributed by atoms with E-state index in [2.05, 4.69) is 24.3 Å². The van der Waals surface area contributed by atoms with Gasteiger partial charge in [-0.05, 0) is 65.8 Å². The molecule has 2 aromatic rings. The highest BCUT2D eigenvalue weighted by atomic mass is 19.1. The average molecular weight is 281 g/mol. The van der Waals surface area contributed by atoms with Crippen LogP contribution in [0.3, 0.4) is 0 Å². The average Bonchev–Trinajstić information content (AvgIpc) is 3.25. The van der Waals surface area contributed by atoms with Gasteiger partial charge in [0.15, 0.2) is 0 Å². The Labute approximate surface area is 125 Å². The lowest BCUT2D eigenvalue weighted by atomic mass is 9.92. The summed E-state index contributed by atoms with van der Waals surface area (Å²) >= 11 is 0. The van der Waals surface area contributed by atoms with Crippen LogP contribution in [0.1, 0.15) is 29.0 Å². The molecule has 1 fully saturated rings. The minimum Gasteiger partial charge on any atom is -0.327 e. The molecular weight excluding hydrogens is 261 g/mol. The minimum atomic E-state index is -0.179. The first-order valence-corrected chi connectivity index (χ1v) is 7.82. The third kappa shape index (κ3) is 2.28. The van der Waals surface area contributed by atoms with Crippen LogP contribution in [0.15, 0.2) is 48.5 Å². The predicted octanol–water partition coefficient (Wildman–Crippen LogP) is 3.67. The zero-order chi connectivity index (χ0) is 14.4.